The summed E-state index contributed by atoms with van der Waals surface area (Å²) in [5.41, 5.74) is 24.6. The summed E-state index contributed by atoms with van der Waals surface area (Å²) in [5, 5.41) is 2.10. The van der Waals surface area contributed by atoms with Crippen LogP contribution in [0.15, 0.2) is 326 Å². The van der Waals surface area contributed by atoms with E-state index in [1.54, 1.807) is 0 Å². The Labute approximate surface area is 489 Å². The summed E-state index contributed by atoms with van der Waals surface area (Å²) in [5.74, 6) is 0. The van der Waals surface area contributed by atoms with E-state index in [9.17, 15) is 0 Å². The predicted molar refractivity (Wildman–Crippen MR) is 353 cm³/mol. The summed E-state index contributed by atoms with van der Waals surface area (Å²) in [6.07, 6.45) is 0. The van der Waals surface area contributed by atoms with Gasteiger partial charge in [0, 0.05) is 67.7 Å². The van der Waals surface area contributed by atoms with Crippen molar-refractivity contribution in [2.24, 2.45) is 0 Å². The first kappa shape index (κ1) is 48.8. The van der Waals surface area contributed by atoms with Crippen LogP contribution in [0.1, 0.15) is 0 Å². The molecule has 0 saturated heterocycles. The van der Waals surface area contributed by atoms with Crippen LogP contribution in [0.2, 0.25) is 0 Å². The normalized spacial score (nSPS) is 12.2. The Kier molecular flexibility index (Phi) is 11.9. The Hall–Kier alpha value is -11.1. The molecule has 14 aromatic rings. The molecule has 5 nitrogen and oxygen atoms in total. The van der Waals surface area contributed by atoms with Crippen molar-refractivity contribution in [3.63, 3.8) is 0 Å². The molecular formula is C78H53BN4O. The van der Waals surface area contributed by atoms with E-state index in [4.69, 9.17) is 4.42 Å². The topological polar surface area (TPSA) is 26.1 Å². The second kappa shape index (κ2) is 20.5. The van der Waals surface area contributed by atoms with Gasteiger partial charge in [-0.05, 0) is 136 Å². The SMILES string of the molecule is c1ccc(-c2cc3c4c(c2)N(c2ccccc2-c2ccccc2)c2cc(N(c5ccccc5)c5ccccc5)c5c(oc6ccccc65)c2B4c2ccc(N(c4ccccc4)c4ccccc4)cc2N3c2ccccc2-c2ccccc2)cc1. The van der Waals surface area contributed by atoms with Gasteiger partial charge < -0.3 is 24.0 Å². The van der Waals surface area contributed by atoms with E-state index in [2.05, 4.69) is 341 Å². The lowest BCUT2D eigenvalue weighted by Gasteiger charge is -2.45. The summed E-state index contributed by atoms with van der Waals surface area (Å²) in [6.45, 7) is -0.319. The maximum atomic E-state index is 7.62. The van der Waals surface area contributed by atoms with Crippen LogP contribution in [0, 0.1) is 0 Å². The lowest BCUT2D eigenvalue weighted by molar-refractivity contribution is 0.671. The molecule has 0 N–H and O–H groups in total. The van der Waals surface area contributed by atoms with Gasteiger partial charge in [0.15, 0.2) is 0 Å². The quantitative estimate of drug-likeness (QED) is 0.120. The highest BCUT2D eigenvalue weighted by atomic mass is 16.3. The van der Waals surface area contributed by atoms with Gasteiger partial charge in [-0.3, -0.25) is 0 Å². The minimum Gasteiger partial charge on any atom is -0.456 e. The number of anilines is 12. The third kappa shape index (κ3) is 8.10. The molecule has 0 atom stereocenters. The van der Waals surface area contributed by atoms with Crippen molar-refractivity contribution in [2.45, 2.75) is 0 Å². The van der Waals surface area contributed by atoms with E-state index >= 15 is 0 Å². The molecule has 2 aliphatic rings. The minimum absolute atomic E-state index is 0.319. The summed E-state index contributed by atoms with van der Waals surface area (Å²) < 4.78 is 7.62. The molecule has 2 aliphatic heterocycles. The first-order valence-corrected chi connectivity index (χ1v) is 28.8. The van der Waals surface area contributed by atoms with Crippen LogP contribution in [0.4, 0.5) is 68.2 Å². The highest BCUT2D eigenvalue weighted by molar-refractivity contribution is 7.01. The van der Waals surface area contributed by atoms with Crippen LogP contribution in [0.5, 0.6) is 0 Å². The van der Waals surface area contributed by atoms with E-state index in [1.165, 1.54) is 10.9 Å². The van der Waals surface area contributed by atoms with Gasteiger partial charge in [0.2, 0.25) is 0 Å². The molecule has 0 aliphatic carbocycles. The number of benzene rings is 13. The van der Waals surface area contributed by atoms with Crippen LogP contribution < -0.4 is 36.0 Å². The van der Waals surface area contributed by atoms with Gasteiger partial charge in [0.05, 0.1) is 22.4 Å². The molecule has 13 aromatic carbocycles. The largest absolute Gasteiger partial charge is 0.456 e. The molecule has 0 radical (unpaired) electrons. The number of fused-ring (bicyclic) bond motifs is 8. The van der Waals surface area contributed by atoms with Gasteiger partial charge >= 0.3 is 0 Å². The van der Waals surface area contributed by atoms with Crippen molar-refractivity contribution < 1.29 is 4.42 Å². The fraction of sp³-hybridized carbons (Fsp3) is 0. The Balaban J connectivity index is 1.09. The number of para-hydroxylation sites is 7. The fourth-order valence-electron chi connectivity index (χ4n) is 13.2. The van der Waals surface area contributed by atoms with Gasteiger partial charge in [-0.25, -0.2) is 0 Å². The molecule has 3 heterocycles. The van der Waals surface area contributed by atoms with E-state index < -0.39 is 0 Å². The van der Waals surface area contributed by atoms with Gasteiger partial charge in [0.25, 0.3) is 6.71 Å². The fourth-order valence-corrected chi connectivity index (χ4v) is 13.2. The predicted octanol–water partition coefficient (Wildman–Crippen LogP) is 19.6. The average molecular weight is 1070 g/mol. The van der Waals surface area contributed by atoms with Crippen molar-refractivity contribution >= 4 is 113 Å². The Morgan fingerprint density at radius 3 is 1.23 bits per heavy atom. The van der Waals surface area contributed by atoms with Gasteiger partial charge in [-0.2, -0.15) is 0 Å². The molecule has 6 heteroatoms. The van der Waals surface area contributed by atoms with Crippen LogP contribution in [0.3, 0.4) is 0 Å². The zero-order valence-corrected chi connectivity index (χ0v) is 45.9. The maximum Gasteiger partial charge on any atom is 0.257 e. The van der Waals surface area contributed by atoms with Crippen molar-refractivity contribution in [1.29, 1.82) is 0 Å². The summed E-state index contributed by atoms with van der Waals surface area (Å²) in [4.78, 5) is 9.93. The number of nitrogens with zero attached hydrogens (tertiary/aromatic N) is 4. The molecule has 0 bridgehead atoms. The highest BCUT2D eigenvalue weighted by Gasteiger charge is 2.47. The van der Waals surface area contributed by atoms with E-state index in [0.717, 1.165) is 129 Å². The van der Waals surface area contributed by atoms with Gasteiger partial charge in [-0.15, -0.1) is 0 Å². The average Bonchev–Trinajstić information content (AvgIpc) is 1.11. The molecule has 0 saturated carbocycles. The van der Waals surface area contributed by atoms with Crippen LogP contribution in [0.25, 0.3) is 55.3 Å². The molecule has 0 spiro atoms. The number of rotatable bonds is 11. The monoisotopic (exact) mass is 1070 g/mol. The zero-order chi connectivity index (χ0) is 55.5. The summed E-state index contributed by atoms with van der Waals surface area (Å²) in [7, 11) is 0. The highest BCUT2D eigenvalue weighted by Crippen LogP contribution is 2.54. The standard InChI is InChI=1S/C78H53BN4O/c1-8-28-54(29-9-1)57-50-71-76-72(51-57)83(68-46-26-23-43-64(68)56-32-12-3-13-33-56)73-53-70(81(60-38-18-6-19-39-60)61-40-20-7-21-41-61)75-65-44-24-27-47-74(65)84-78(75)77(73)79(76)66-49-48-62(80(58-34-14-4-15-35-58)59-36-16-5-17-37-59)52-69(66)82(71)67-45-25-22-42-63(67)55-30-10-2-11-31-55/h1-53H. The van der Waals surface area contributed by atoms with Crippen molar-refractivity contribution in [1.82, 2.24) is 0 Å². The van der Waals surface area contributed by atoms with Crippen molar-refractivity contribution in [3.8, 4) is 33.4 Å². The van der Waals surface area contributed by atoms with E-state index in [0.29, 0.717) is 0 Å². The van der Waals surface area contributed by atoms with Crippen molar-refractivity contribution in [3.05, 3.63) is 322 Å². The Bertz CT molecular complexity index is 4640. The van der Waals surface area contributed by atoms with Gasteiger partial charge in [0.1, 0.15) is 11.2 Å². The molecule has 84 heavy (non-hydrogen) atoms. The first-order valence-electron chi connectivity index (χ1n) is 28.8. The molecule has 16 rings (SSSR count). The van der Waals surface area contributed by atoms with Crippen LogP contribution >= 0.6 is 0 Å². The Morgan fingerprint density at radius 2 is 0.702 bits per heavy atom. The zero-order valence-electron chi connectivity index (χ0n) is 45.9. The van der Waals surface area contributed by atoms with E-state index in [-0.39, 0.29) is 6.71 Å². The minimum atomic E-state index is -0.319. The molecule has 1 aromatic heterocycles. The van der Waals surface area contributed by atoms with Crippen molar-refractivity contribution in [2.75, 3.05) is 19.6 Å². The number of hydrogen-bond acceptors (Lipinski definition) is 5. The lowest BCUT2D eigenvalue weighted by Crippen LogP contribution is -2.61. The Morgan fingerprint density at radius 1 is 0.286 bits per heavy atom. The molecule has 0 amide bonds. The first-order chi connectivity index (χ1) is 41.7. The second-order valence-corrected chi connectivity index (χ2v) is 21.6. The third-order valence-electron chi connectivity index (χ3n) is 16.8. The second-order valence-electron chi connectivity index (χ2n) is 21.6. The smallest absolute Gasteiger partial charge is 0.257 e. The van der Waals surface area contributed by atoms with Crippen LogP contribution in [-0.4, -0.2) is 6.71 Å². The molecular weight excluding hydrogens is 1020 g/mol. The summed E-state index contributed by atoms with van der Waals surface area (Å²) >= 11 is 0. The number of hydrogen-bond donors (Lipinski definition) is 0. The maximum absolute atomic E-state index is 7.62. The molecule has 0 fully saturated rings. The van der Waals surface area contributed by atoms with E-state index in [1.807, 2.05) is 0 Å². The third-order valence-corrected chi connectivity index (χ3v) is 16.8. The lowest BCUT2D eigenvalue weighted by atomic mass is 9.33. The molecule has 0 unspecified atom stereocenters. The van der Waals surface area contributed by atoms with Gasteiger partial charge in [-0.1, -0.05) is 224 Å². The number of furan rings is 1. The summed E-state index contributed by atoms with van der Waals surface area (Å²) in [6, 6.07) is 117. The molecule has 394 valence electrons. The van der Waals surface area contributed by atoms with Crippen LogP contribution in [-0.2, 0) is 0 Å².